The molecule has 0 bridgehead atoms. The van der Waals surface area contributed by atoms with Gasteiger partial charge in [-0.05, 0) is 36.2 Å². The number of aryl methyl sites for hydroxylation is 1. The number of benzene rings is 2. The molecule has 8 heteroatoms. The van der Waals surface area contributed by atoms with E-state index in [1.165, 1.54) is 11.8 Å². The SMILES string of the molecule is Cc1cccc2nc(SCc3ccc(C(=O)N4CCN(CCO)CC4)cc3)n(C)c(=O)c12. The van der Waals surface area contributed by atoms with E-state index in [1.54, 1.807) is 11.6 Å². The van der Waals surface area contributed by atoms with E-state index in [2.05, 4.69) is 9.88 Å². The molecule has 0 radical (unpaired) electrons. The lowest BCUT2D eigenvalue weighted by Gasteiger charge is -2.34. The molecule has 1 aliphatic rings. The van der Waals surface area contributed by atoms with E-state index < -0.39 is 0 Å². The lowest BCUT2D eigenvalue weighted by Crippen LogP contribution is -2.49. The lowest BCUT2D eigenvalue weighted by atomic mass is 10.1. The van der Waals surface area contributed by atoms with E-state index in [4.69, 9.17) is 5.11 Å². The maximum absolute atomic E-state index is 12.8. The molecule has 7 nitrogen and oxygen atoms in total. The van der Waals surface area contributed by atoms with Crippen molar-refractivity contribution in [1.82, 2.24) is 19.4 Å². The molecule has 0 aliphatic carbocycles. The van der Waals surface area contributed by atoms with Crippen LogP contribution in [0.25, 0.3) is 10.9 Å². The highest BCUT2D eigenvalue weighted by atomic mass is 32.2. The van der Waals surface area contributed by atoms with Gasteiger partial charge in [-0.1, -0.05) is 36.0 Å². The number of piperazine rings is 1. The first-order chi connectivity index (χ1) is 15.5. The van der Waals surface area contributed by atoms with Gasteiger partial charge < -0.3 is 10.0 Å². The molecule has 0 saturated carbocycles. The molecule has 3 aromatic rings. The average molecular weight is 453 g/mol. The summed E-state index contributed by atoms with van der Waals surface area (Å²) in [6.45, 7) is 5.67. The third-order valence-corrected chi connectivity index (χ3v) is 7.02. The molecular weight excluding hydrogens is 424 g/mol. The van der Waals surface area contributed by atoms with Gasteiger partial charge in [0.15, 0.2) is 5.16 Å². The average Bonchev–Trinajstić information content (AvgIpc) is 2.81. The first-order valence-corrected chi connectivity index (χ1v) is 11.8. The summed E-state index contributed by atoms with van der Waals surface area (Å²) in [6, 6.07) is 13.4. The molecular formula is C24H28N4O3S. The van der Waals surface area contributed by atoms with Crippen LogP contribution in [0.4, 0.5) is 0 Å². The summed E-state index contributed by atoms with van der Waals surface area (Å²) < 4.78 is 1.61. The van der Waals surface area contributed by atoms with Crippen molar-refractivity contribution in [3.63, 3.8) is 0 Å². The normalized spacial score (nSPS) is 14.8. The van der Waals surface area contributed by atoms with Crippen LogP contribution >= 0.6 is 11.8 Å². The van der Waals surface area contributed by atoms with Gasteiger partial charge in [-0.15, -0.1) is 0 Å². The molecule has 4 rings (SSSR count). The van der Waals surface area contributed by atoms with Gasteiger partial charge in [0, 0.05) is 51.1 Å². The summed E-state index contributed by atoms with van der Waals surface area (Å²) in [5.74, 6) is 0.702. The number of β-amino-alcohol motifs (C(OH)–C–C–N with tert-alkyl or cyclic N) is 1. The molecule has 1 N–H and O–H groups in total. The number of rotatable bonds is 6. The minimum atomic E-state index is -0.0318. The maximum Gasteiger partial charge on any atom is 0.262 e. The number of carbonyl (C=O) groups is 1. The molecule has 168 valence electrons. The van der Waals surface area contributed by atoms with Gasteiger partial charge >= 0.3 is 0 Å². The van der Waals surface area contributed by atoms with Crippen molar-refractivity contribution < 1.29 is 9.90 Å². The Labute approximate surface area is 191 Å². The molecule has 0 unspecified atom stereocenters. The minimum Gasteiger partial charge on any atom is -0.395 e. The Morgan fingerprint density at radius 3 is 2.50 bits per heavy atom. The summed E-state index contributed by atoms with van der Waals surface area (Å²) in [6.07, 6.45) is 0. The first-order valence-electron chi connectivity index (χ1n) is 10.8. The van der Waals surface area contributed by atoms with Gasteiger partial charge in [0.25, 0.3) is 11.5 Å². The second-order valence-electron chi connectivity index (χ2n) is 8.07. The number of thioether (sulfide) groups is 1. The Morgan fingerprint density at radius 1 is 1.09 bits per heavy atom. The fourth-order valence-electron chi connectivity index (χ4n) is 3.98. The van der Waals surface area contributed by atoms with E-state index in [9.17, 15) is 9.59 Å². The van der Waals surface area contributed by atoms with E-state index in [0.717, 1.165) is 29.7 Å². The van der Waals surface area contributed by atoms with Gasteiger partial charge in [0.2, 0.25) is 0 Å². The zero-order valence-corrected chi connectivity index (χ0v) is 19.3. The number of fused-ring (bicyclic) bond motifs is 1. The third kappa shape index (κ3) is 4.72. The summed E-state index contributed by atoms with van der Waals surface area (Å²) in [5, 5.41) is 10.4. The minimum absolute atomic E-state index is 0.0318. The van der Waals surface area contributed by atoms with Crippen molar-refractivity contribution >= 4 is 28.6 Å². The smallest absolute Gasteiger partial charge is 0.262 e. The van der Waals surface area contributed by atoms with Crippen LogP contribution in [0, 0.1) is 6.92 Å². The number of hydrogen-bond donors (Lipinski definition) is 1. The fourth-order valence-corrected chi connectivity index (χ4v) is 4.90. The standard InChI is InChI=1S/C24H28N4O3S/c1-17-4-3-5-20-21(17)23(31)26(2)24(25-20)32-16-18-6-8-19(9-7-18)22(30)28-12-10-27(11-13-28)14-15-29/h3-9,29H,10-16H2,1-2H3. The van der Waals surface area contributed by atoms with E-state index in [-0.39, 0.29) is 18.1 Å². The van der Waals surface area contributed by atoms with Crippen molar-refractivity contribution in [1.29, 1.82) is 0 Å². The summed E-state index contributed by atoms with van der Waals surface area (Å²) in [4.78, 5) is 34.3. The van der Waals surface area contributed by atoms with Gasteiger partial charge in [-0.3, -0.25) is 19.1 Å². The second kappa shape index (κ2) is 9.85. The molecule has 1 fully saturated rings. The molecule has 0 spiro atoms. The topological polar surface area (TPSA) is 78.7 Å². The van der Waals surface area contributed by atoms with Crippen molar-refractivity contribution in [2.24, 2.45) is 7.05 Å². The molecule has 1 amide bonds. The van der Waals surface area contributed by atoms with Crippen LogP contribution in [0.3, 0.4) is 0 Å². The number of aromatic nitrogens is 2. The number of nitrogens with zero attached hydrogens (tertiary/aromatic N) is 4. The molecule has 1 aliphatic heterocycles. The number of amides is 1. The van der Waals surface area contributed by atoms with Crippen molar-refractivity contribution in [2.45, 2.75) is 17.8 Å². The Kier molecular flexibility index (Phi) is 6.93. The van der Waals surface area contributed by atoms with Crippen LogP contribution in [0.5, 0.6) is 0 Å². The zero-order chi connectivity index (χ0) is 22.7. The highest BCUT2D eigenvalue weighted by Gasteiger charge is 2.21. The highest BCUT2D eigenvalue weighted by Crippen LogP contribution is 2.23. The molecule has 1 aromatic heterocycles. The number of aliphatic hydroxyl groups is 1. The zero-order valence-electron chi connectivity index (χ0n) is 18.5. The Balaban J connectivity index is 1.41. The van der Waals surface area contributed by atoms with Gasteiger partial charge in [0.05, 0.1) is 17.5 Å². The summed E-state index contributed by atoms with van der Waals surface area (Å²) >= 11 is 1.51. The van der Waals surface area contributed by atoms with Crippen LogP contribution in [-0.2, 0) is 12.8 Å². The molecule has 1 saturated heterocycles. The number of hydrogen-bond acceptors (Lipinski definition) is 6. The quantitative estimate of drug-likeness (QED) is 0.457. The van der Waals surface area contributed by atoms with Crippen LogP contribution in [0.1, 0.15) is 21.5 Å². The van der Waals surface area contributed by atoms with E-state index in [0.29, 0.717) is 41.5 Å². The van der Waals surface area contributed by atoms with Crippen LogP contribution in [0.2, 0.25) is 0 Å². The summed E-state index contributed by atoms with van der Waals surface area (Å²) in [7, 11) is 1.76. The monoisotopic (exact) mass is 452 g/mol. The van der Waals surface area contributed by atoms with Gasteiger partial charge in [0.1, 0.15) is 0 Å². The Bertz CT molecular complexity index is 1170. The number of carbonyl (C=O) groups excluding carboxylic acids is 1. The van der Waals surface area contributed by atoms with Crippen LogP contribution < -0.4 is 5.56 Å². The van der Waals surface area contributed by atoms with E-state index >= 15 is 0 Å². The van der Waals surface area contributed by atoms with Crippen molar-refractivity contribution in [3.05, 3.63) is 69.5 Å². The van der Waals surface area contributed by atoms with Crippen molar-refractivity contribution in [3.8, 4) is 0 Å². The maximum atomic E-state index is 12.8. The Morgan fingerprint density at radius 2 is 1.81 bits per heavy atom. The molecule has 2 aromatic carbocycles. The largest absolute Gasteiger partial charge is 0.395 e. The predicted octanol–water partition coefficient (Wildman–Crippen LogP) is 2.28. The molecule has 2 heterocycles. The van der Waals surface area contributed by atoms with Crippen LogP contribution in [0.15, 0.2) is 52.4 Å². The molecule has 32 heavy (non-hydrogen) atoms. The highest BCUT2D eigenvalue weighted by molar-refractivity contribution is 7.98. The van der Waals surface area contributed by atoms with E-state index in [1.807, 2.05) is 54.3 Å². The molecule has 0 atom stereocenters. The van der Waals surface area contributed by atoms with Gasteiger partial charge in [-0.2, -0.15) is 0 Å². The first kappa shape index (κ1) is 22.5. The number of aliphatic hydroxyl groups excluding tert-OH is 1. The van der Waals surface area contributed by atoms with Gasteiger partial charge in [-0.25, -0.2) is 4.98 Å². The Hall–Kier alpha value is -2.68. The second-order valence-corrected chi connectivity index (χ2v) is 9.01. The predicted molar refractivity (Wildman–Crippen MR) is 127 cm³/mol. The third-order valence-electron chi connectivity index (χ3n) is 5.92. The van der Waals surface area contributed by atoms with Crippen molar-refractivity contribution in [2.75, 3.05) is 39.3 Å². The summed E-state index contributed by atoms with van der Waals surface area (Å²) in [5.41, 5.74) is 3.37. The lowest BCUT2D eigenvalue weighted by molar-refractivity contribution is 0.0615. The van der Waals surface area contributed by atoms with Crippen LogP contribution in [-0.4, -0.2) is 69.7 Å². The fraction of sp³-hybridized carbons (Fsp3) is 0.375.